The summed E-state index contributed by atoms with van der Waals surface area (Å²) < 4.78 is 6.09. The summed E-state index contributed by atoms with van der Waals surface area (Å²) in [6.07, 6.45) is 4.03. The number of carboxylic acid groups (broad SMARTS) is 1. The predicted octanol–water partition coefficient (Wildman–Crippen LogP) is 3.95. The lowest BCUT2D eigenvalue weighted by Crippen LogP contribution is -2.46. The van der Waals surface area contributed by atoms with Crippen LogP contribution in [0.4, 0.5) is 0 Å². The van der Waals surface area contributed by atoms with E-state index in [1.165, 1.54) is 28.0 Å². The molecule has 6 aliphatic rings. The maximum absolute atomic E-state index is 15.0. The summed E-state index contributed by atoms with van der Waals surface area (Å²) in [4.78, 5) is 128. The molecule has 5 aromatic carbocycles. The Morgan fingerprint density at radius 3 is 1.26 bits per heavy atom. The summed E-state index contributed by atoms with van der Waals surface area (Å²) in [5.74, 6) is -8.97. The van der Waals surface area contributed by atoms with Crippen LogP contribution in [0.15, 0.2) is 140 Å². The quantitative estimate of drug-likeness (QED) is 0.0386. The second-order valence-electron chi connectivity index (χ2n) is 23.8. The monoisotopic (exact) mass is 1170 g/mol. The minimum absolute atomic E-state index is 0.00862. The third-order valence-corrected chi connectivity index (χ3v) is 17.8. The second kappa shape index (κ2) is 26.1. The van der Waals surface area contributed by atoms with E-state index < -0.39 is 72.5 Å². The van der Waals surface area contributed by atoms with Gasteiger partial charge >= 0.3 is 5.97 Å². The van der Waals surface area contributed by atoms with Crippen molar-refractivity contribution in [2.45, 2.75) is 98.8 Å². The van der Waals surface area contributed by atoms with E-state index in [2.05, 4.69) is 31.9 Å². The van der Waals surface area contributed by atoms with Crippen molar-refractivity contribution in [2.24, 2.45) is 29.4 Å². The van der Waals surface area contributed by atoms with E-state index in [4.69, 9.17) is 10.5 Å². The van der Waals surface area contributed by atoms with Gasteiger partial charge in [0.1, 0.15) is 11.8 Å². The average molecular weight is 1170 g/mol. The van der Waals surface area contributed by atoms with Crippen LogP contribution in [0.1, 0.15) is 112 Å². The van der Waals surface area contributed by atoms with E-state index in [0.717, 1.165) is 47.9 Å². The van der Waals surface area contributed by atoms with Gasteiger partial charge in [0, 0.05) is 79.6 Å². The Hall–Kier alpha value is -8.91. The van der Waals surface area contributed by atoms with Gasteiger partial charge in [-0.2, -0.15) is 0 Å². The van der Waals surface area contributed by atoms with Crippen LogP contribution in [0.2, 0.25) is 0 Å². The number of carbonyl (C=O) groups is 9. The normalized spacial score (nSPS) is 26.0. The van der Waals surface area contributed by atoms with Gasteiger partial charge in [-0.25, -0.2) is 4.79 Å². The van der Waals surface area contributed by atoms with Gasteiger partial charge in [0.05, 0.1) is 35.8 Å². The molecule has 2 saturated heterocycles. The second-order valence-corrected chi connectivity index (χ2v) is 23.8. The molecule has 0 aromatic heterocycles. The number of nitrogens with two attached hydrogens (primary N) is 1. The predicted molar refractivity (Wildman–Crippen MR) is 316 cm³/mol. The number of benzene rings is 5. The van der Waals surface area contributed by atoms with E-state index in [-0.39, 0.29) is 121 Å². The number of ether oxygens (including phenoxy) is 1. The van der Waals surface area contributed by atoms with Crippen LogP contribution in [0.25, 0.3) is 0 Å². The van der Waals surface area contributed by atoms with Gasteiger partial charge in [0.15, 0.2) is 6.61 Å². The molecule has 86 heavy (non-hydrogen) atoms. The summed E-state index contributed by atoms with van der Waals surface area (Å²) in [7, 11) is 0. The smallest absolute Gasteiger partial charge is 0.326 e. The van der Waals surface area contributed by atoms with Crippen molar-refractivity contribution in [2.75, 3.05) is 45.9 Å². The van der Waals surface area contributed by atoms with E-state index in [0.29, 0.717) is 19.4 Å². The Kier molecular flexibility index (Phi) is 17.9. The Balaban J connectivity index is 0.827. The minimum Gasteiger partial charge on any atom is -0.483 e. The molecule has 6 fully saturated rings. The third kappa shape index (κ3) is 14.1. The van der Waals surface area contributed by atoms with Crippen LogP contribution >= 0.6 is 0 Å². The SMILES string of the molecule is NCCCC[C@H](NC(=O)CNC(=O)COc1cc(C(=O)N2C[C@@H](C(=O)N[C@H]3C[C@@H]3c3ccccc3)[C@H](C(=O)N[C@H]3C[C@@H]3c3ccccc3)C2)ccc1C(=O)N1C[C@@H](C(=O)N[C@H]2C[C@@H]2c2ccccc2)[C@H](C(=O)N[C@H]2C[C@@H]2c2ccccc2)C1)C(=O)O. The number of nitrogens with one attached hydrogen (secondary N) is 6. The van der Waals surface area contributed by atoms with Crippen molar-refractivity contribution in [1.82, 2.24) is 41.7 Å². The van der Waals surface area contributed by atoms with Crippen LogP contribution in [0.5, 0.6) is 5.75 Å². The maximum atomic E-state index is 15.0. The van der Waals surface area contributed by atoms with E-state index in [9.17, 15) is 43.5 Å². The van der Waals surface area contributed by atoms with Crippen molar-refractivity contribution < 1.29 is 53.0 Å². The number of carboxylic acids is 1. The molecule has 0 radical (unpaired) electrons. The van der Waals surface area contributed by atoms with Gasteiger partial charge in [0.25, 0.3) is 17.7 Å². The fourth-order valence-electron chi connectivity index (χ4n) is 12.5. The molecule has 4 aliphatic carbocycles. The molecule has 448 valence electrons. The molecule has 0 spiro atoms. The molecule has 5 aromatic rings. The molecule has 2 heterocycles. The lowest BCUT2D eigenvalue weighted by atomic mass is 9.94. The van der Waals surface area contributed by atoms with Crippen molar-refractivity contribution >= 4 is 53.2 Å². The van der Waals surface area contributed by atoms with E-state index in [1.807, 2.05) is 121 Å². The van der Waals surface area contributed by atoms with Crippen LogP contribution in [-0.4, -0.2) is 144 Å². The molecular formula is C66H73N9O11. The summed E-state index contributed by atoms with van der Waals surface area (Å²) >= 11 is 0. The molecule has 0 unspecified atom stereocenters. The fraction of sp³-hybridized carbons (Fsp3) is 0.409. The maximum Gasteiger partial charge on any atom is 0.326 e. The van der Waals surface area contributed by atoms with E-state index in [1.54, 1.807) is 0 Å². The van der Waals surface area contributed by atoms with Gasteiger partial charge in [0.2, 0.25) is 29.5 Å². The third-order valence-electron chi connectivity index (χ3n) is 17.8. The molecular weight excluding hydrogens is 1090 g/mol. The molecule has 13 atom stereocenters. The molecule has 0 bridgehead atoms. The number of hydrogen-bond donors (Lipinski definition) is 8. The first kappa shape index (κ1) is 58.8. The topological polar surface area (TPSA) is 288 Å². The first-order valence-corrected chi connectivity index (χ1v) is 30.0. The average Bonchev–Trinajstić information content (AvgIpc) is 2.66. The van der Waals surface area contributed by atoms with Gasteiger partial charge in [-0.15, -0.1) is 0 Å². The van der Waals surface area contributed by atoms with Crippen molar-refractivity contribution in [3.05, 3.63) is 173 Å². The summed E-state index contributed by atoms with van der Waals surface area (Å²) in [6, 6.07) is 41.6. The highest BCUT2D eigenvalue weighted by molar-refractivity contribution is 6.02. The van der Waals surface area contributed by atoms with Crippen molar-refractivity contribution in [1.29, 1.82) is 0 Å². The number of unbranched alkanes of at least 4 members (excludes halogenated alkanes) is 1. The molecule has 8 amide bonds. The summed E-state index contributed by atoms with van der Waals surface area (Å²) in [6.45, 7) is -1.50. The molecule has 9 N–H and O–H groups in total. The highest BCUT2D eigenvalue weighted by Crippen LogP contribution is 2.45. The number of hydrogen-bond acceptors (Lipinski definition) is 11. The lowest BCUT2D eigenvalue weighted by molar-refractivity contribution is -0.142. The summed E-state index contributed by atoms with van der Waals surface area (Å²) in [5, 5.41) is 27.1. The Labute approximate surface area is 498 Å². The van der Waals surface area contributed by atoms with E-state index >= 15 is 4.79 Å². The Morgan fingerprint density at radius 1 is 0.500 bits per heavy atom. The van der Waals surface area contributed by atoms with Crippen LogP contribution in [-0.2, 0) is 33.6 Å². The number of nitrogens with zero attached hydrogens (tertiary/aromatic N) is 2. The lowest BCUT2D eigenvalue weighted by Gasteiger charge is -2.21. The van der Waals surface area contributed by atoms with Crippen molar-refractivity contribution in [3.8, 4) is 5.75 Å². The molecule has 4 saturated carbocycles. The Bertz CT molecular complexity index is 3190. The van der Waals surface area contributed by atoms with Crippen LogP contribution in [0, 0.1) is 23.7 Å². The fourth-order valence-corrected chi connectivity index (χ4v) is 12.5. The van der Waals surface area contributed by atoms with Gasteiger partial charge in [-0.05, 0) is 91.9 Å². The number of aliphatic carboxylic acids is 1. The zero-order valence-corrected chi connectivity index (χ0v) is 47.7. The molecule has 2 aliphatic heterocycles. The van der Waals surface area contributed by atoms with Crippen molar-refractivity contribution in [3.63, 3.8) is 0 Å². The zero-order chi connectivity index (χ0) is 60.0. The van der Waals surface area contributed by atoms with Gasteiger partial charge < -0.3 is 57.3 Å². The van der Waals surface area contributed by atoms with Crippen LogP contribution < -0.4 is 42.4 Å². The Morgan fingerprint density at radius 2 is 0.884 bits per heavy atom. The molecule has 20 heteroatoms. The molecule has 11 rings (SSSR count). The number of amides is 8. The first-order chi connectivity index (χ1) is 41.7. The van der Waals surface area contributed by atoms with Gasteiger partial charge in [-0.1, -0.05) is 121 Å². The van der Waals surface area contributed by atoms with Gasteiger partial charge in [-0.3, -0.25) is 38.4 Å². The largest absolute Gasteiger partial charge is 0.483 e. The molecule has 20 nitrogen and oxygen atoms in total. The first-order valence-electron chi connectivity index (χ1n) is 30.0. The van der Waals surface area contributed by atoms with Crippen LogP contribution in [0.3, 0.4) is 0 Å². The highest BCUT2D eigenvalue weighted by atomic mass is 16.5. The number of likely N-dealkylation sites (tertiary alicyclic amines) is 2. The number of rotatable bonds is 25. The minimum atomic E-state index is -1.25. The highest BCUT2D eigenvalue weighted by Gasteiger charge is 2.51. The standard InChI is InChI=1S/C66H73N9O11/c67-26-14-13-23-52(66(84)85)69-58(76)32-68-59(77)37-86-57-27-42(64(82)74-33-48(60(78)70-53-28-44(53)38-15-5-1-6-16-38)49(34-74)61(79)71-54-29-45(54)39-17-7-2-8-18-39)24-25-43(57)65(83)75-35-50(62(80)72-55-30-46(55)40-19-9-3-10-20-40)51(36-75)63(81)73-56-31-47(56)41-21-11-4-12-22-41/h1-12,15-22,24-25,27,44-56H,13-14,23,26,28-37,67H2,(H,68,77)(H,69,76)(H,70,78)(H,71,79)(H,72,80)(H,73,81)(H,84,85)/t44-,45-,46-,47-,48-,49-,50-,51-,52+,53+,54+,55+,56+/m1/s1. The number of carbonyl (C=O) groups excluding carboxylic acids is 8. The zero-order valence-electron chi connectivity index (χ0n) is 47.7. The summed E-state index contributed by atoms with van der Waals surface area (Å²) in [5.41, 5.74) is 9.82.